The number of aromatic nitrogens is 2. The van der Waals surface area contributed by atoms with Crippen molar-refractivity contribution in [3.05, 3.63) is 18.2 Å². The standard InChI is InChI=1S/C15H27N3/c1-12(2)13-4-3-5-14(7-6-13)17-9-8-15-10-16-11-18-15/h10-14,17H,3-9H2,1-2H3,(H,16,18). The first-order valence-electron chi connectivity index (χ1n) is 7.46. The fraction of sp³-hybridized carbons (Fsp3) is 0.800. The molecule has 0 aromatic carbocycles. The molecule has 2 unspecified atom stereocenters. The fourth-order valence-electron chi connectivity index (χ4n) is 3.03. The van der Waals surface area contributed by atoms with Gasteiger partial charge in [-0.25, -0.2) is 4.98 Å². The van der Waals surface area contributed by atoms with E-state index in [4.69, 9.17) is 0 Å². The van der Waals surface area contributed by atoms with E-state index in [1.165, 1.54) is 37.8 Å². The molecule has 1 fully saturated rings. The van der Waals surface area contributed by atoms with Gasteiger partial charge in [0.05, 0.1) is 6.33 Å². The first kappa shape index (κ1) is 13.6. The summed E-state index contributed by atoms with van der Waals surface area (Å²) < 4.78 is 0. The molecule has 2 rings (SSSR count). The number of nitrogens with zero attached hydrogens (tertiary/aromatic N) is 1. The lowest BCUT2D eigenvalue weighted by Gasteiger charge is -2.19. The molecule has 1 saturated carbocycles. The number of H-pyrrole nitrogens is 1. The monoisotopic (exact) mass is 249 g/mol. The Morgan fingerprint density at radius 1 is 1.33 bits per heavy atom. The average Bonchev–Trinajstić information content (AvgIpc) is 2.73. The van der Waals surface area contributed by atoms with Gasteiger partial charge in [-0.2, -0.15) is 0 Å². The molecule has 1 aliphatic carbocycles. The molecule has 1 heterocycles. The van der Waals surface area contributed by atoms with Gasteiger partial charge in [-0.05, 0) is 31.1 Å². The van der Waals surface area contributed by atoms with Gasteiger partial charge in [0.1, 0.15) is 0 Å². The molecule has 0 amide bonds. The first-order chi connectivity index (χ1) is 8.75. The molecular weight excluding hydrogens is 222 g/mol. The quantitative estimate of drug-likeness (QED) is 0.787. The van der Waals surface area contributed by atoms with Crippen molar-refractivity contribution in [3.8, 4) is 0 Å². The summed E-state index contributed by atoms with van der Waals surface area (Å²) in [6.07, 6.45) is 11.7. The summed E-state index contributed by atoms with van der Waals surface area (Å²) >= 11 is 0. The van der Waals surface area contributed by atoms with E-state index in [1.807, 2.05) is 6.20 Å². The van der Waals surface area contributed by atoms with Gasteiger partial charge < -0.3 is 10.3 Å². The zero-order chi connectivity index (χ0) is 12.8. The van der Waals surface area contributed by atoms with Crippen LogP contribution in [-0.4, -0.2) is 22.6 Å². The van der Waals surface area contributed by atoms with Crippen molar-refractivity contribution in [2.45, 2.75) is 58.4 Å². The molecule has 1 aromatic rings. The van der Waals surface area contributed by atoms with E-state index in [0.717, 1.165) is 30.8 Å². The van der Waals surface area contributed by atoms with Gasteiger partial charge in [0.15, 0.2) is 0 Å². The van der Waals surface area contributed by atoms with Crippen LogP contribution in [0.5, 0.6) is 0 Å². The molecular formula is C15H27N3. The van der Waals surface area contributed by atoms with Crippen LogP contribution in [-0.2, 0) is 6.42 Å². The highest BCUT2D eigenvalue weighted by Gasteiger charge is 2.20. The number of aromatic amines is 1. The Kier molecular flexibility index (Phi) is 5.24. The Labute approximate surface area is 111 Å². The number of nitrogens with one attached hydrogen (secondary N) is 2. The van der Waals surface area contributed by atoms with Crippen LogP contribution in [0.25, 0.3) is 0 Å². The predicted octanol–water partition coefficient (Wildman–Crippen LogP) is 3.15. The van der Waals surface area contributed by atoms with Crippen molar-refractivity contribution in [3.63, 3.8) is 0 Å². The molecule has 1 aromatic heterocycles. The third-order valence-electron chi connectivity index (χ3n) is 4.34. The second-order valence-corrected chi connectivity index (χ2v) is 5.99. The molecule has 2 N–H and O–H groups in total. The normalized spacial score (nSPS) is 25.3. The van der Waals surface area contributed by atoms with Crippen LogP contribution in [0.2, 0.25) is 0 Å². The second kappa shape index (κ2) is 6.93. The Morgan fingerprint density at radius 3 is 2.94 bits per heavy atom. The van der Waals surface area contributed by atoms with Crippen LogP contribution in [0, 0.1) is 11.8 Å². The molecule has 0 radical (unpaired) electrons. The molecule has 0 bridgehead atoms. The van der Waals surface area contributed by atoms with Gasteiger partial charge >= 0.3 is 0 Å². The van der Waals surface area contributed by atoms with E-state index in [9.17, 15) is 0 Å². The lowest BCUT2D eigenvalue weighted by Crippen LogP contribution is -2.30. The van der Waals surface area contributed by atoms with E-state index < -0.39 is 0 Å². The number of imidazole rings is 1. The number of hydrogen-bond donors (Lipinski definition) is 2. The largest absolute Gasteiger partial charge is 0.348 e. The Balaban J connectivity index is 1.67. The summed E-state index contributed by atoms with van der Waals surface area (Å²) in [5.41, 5.74) is 1.23. The molecule has 3 nitrogen and oxygen atoms in total. The Bertz CT molecular complexity index is 318. The van der Waals surface area contributed by atoms with E-state index in [1.54, 1.807) is 6.33 Å². The summed E-state index contributed by atoms with van der Waals surface area (Å²) in [6.45, 7) is 5.81. The second-order valence-electron chi connectivity index (χ2n) is 5.99. The third kappa shape index (κ3) is 4.13. The van der Waals surface area contributed by atoms with Crippen LogP contribution in [0.4, 0.5) is 0 Å². The van der Waals surface area contributed by atoms with Crippen LogP contribution < -0.4 is 5.32 Å². The number of rotatable bonds is 5. The van der Waals surface area contributed by atoms with Gasteiger partial charge in [-0.1, -0.05) is 26.7 Å². The molecule has 0 spiro atoms. The maximum absolute atomic E-state index is 4.05. The predicted molar refractivity (Wildman–Crippen MR) is 75.5 cm³/mol. The SMILES string of the molecule is CC(C)C1CCCC(NCCc2cnc[nH]2)CC1. The molecule has 2 atom stereocenters. The fourth-order valence-corrected chi connectivity index (χ4v) is 3.03. The average molecular weight is 249 g/mol. The molecule has 3 heteroatoms. The van der Waals surface area contributed by atoms with Crippen molar-refractivity contribution in [1.82, 2.24) is 15.3 Å². The van der Waals surface area contributed by atoms with Gasteiger partial charge in [0, 0.05) is 30.9 Å². The van der Waals surface area contributed by atoms with E-state index in [2.05, 4.69) is 29.1 Å². The van der Waals surface area contributed by atoms with Gasteiger partial charge in [0.25, 0.3) is 0 Å². The summed E-state index contributed by atoms with van der Waals surface area (Å²) in [6, 6.07) is 0.733. The third-order valence-corrected chi connectivity index (χ3v) is 4.34. The van der Waals surface area contributed by atoms with Crippen LogP contribution in [0.15, 0.2) is 12.5 Å². The van der Waals surface area contributed by atoms with Gasteiger partial charge in [-0.3, -0.25) is 0 Å². The smallest absolute Gasteiger partial charge is 0.0921 e. The van der Waals surface area contributed by atoms with E-state index in [0.29, 0.717) is 0 Å². The maximum atomic E-state index is 4.05. The molecule has 1 aliphatic rings. The highest BCUT2D eigenvalue weighted by Crippen LogP contribution is 2.28. The zero-order valence-corrected chi connectivity index (χ0v) is 11.8. The van der Waals surface area contributed by atoms with Crippen molar-refractivity contribution in [2.24, 2.45) is 11.8 Å². The van der Waals surface area contributed by atoms with Crippen molar-refractivity contribution in [1.29, 1.82) is 0 Å². The highest BCUT2D eigenvalue weighted by atomic mass is 14.9. The van der Waals surface area contributed by atoms with Crippen molar-refractivity contribution < 1.29 is 0 Å². The lowest BCUT2D eigenvalue weighted by molar-refractivity contribution is 0.338. The van der Waals surface area contributed by atoms with Gasteiger partial charge in [0.2, 0.25) is 0 Å². The Hall–Kier alpha value is -0.830. The lowest BCUT2D eigenvalue weighted by atomic mass is 9.89. The maximum Gasteiger partial charge on any atom is 0.0921 e. The Morgan fingerprint density at radius 2 is 2.22 bits per heavy atom. The highest BCUT2D eigenvalue weighted by molar-refractivity contribution is 4.94. The minimum Gasteiger partial charge on any atom is -0.348 e. The summed E-state index contributed by atoms with van der Waals surface area (Å²) in [5, 5.41) is 3.71. The topological polar surface area (TPSA) is 40.7 Å². The van der Waals surface area contributed by atoms with Crippen LogP contribution in [0.1, 0.15) is 51.6 Å². The van der Waals surface area contributed by atoms with Crippen LogP contribution >= 0.6 is 0 Å². The molecule has 18 heavy (non-hydrogen) atoms. The summed E-state index contributed by atoms with van der Waals surface area (Å²) in [7, 11) is 0. The van der Waals surface area contributed by atoms with E-state index in [-0.39, 0.29) is 0 Å². The first-order valence-corrected chi connectivity index (χ1v) is 7.46. The minimum absolute atomic E-state index is 0.733. The van der Waals surface area contributed by atoms with Gasteiger partial charge in [-0.15, -0.1) is 0 Å². The summed E-state index contributed by atoms with van der Waals surface area (Å²) in [5.74, 6) is 1.80. The molecule has 0 aliphatic heterocycles. The van der Waals surface area contributed by atoms with E-state index >= 15 is 0 Å². The van der Waals surface area contributed by atoms with Crippen molar-refractivity contribution in [2.75, 3.05) is 6.54 Å². The summed E-state index contributed by atoms with van der Waals surface area (Å²) in [4.78, 5) is 7.21. The van der Waals surface area contributed by atoms with Crippen molar-refractivity contribution >= 4 is 0 Å². The molecule has 102 valence electrons. The zero-order valence-electron chi connectivity index (χ0n) is 11.8. The minimum atomic E-state index is 0.733. The number of hydrogen-bond acceptors (Lipinski definition) is 2. The molecule has 0 saturated heterocycles. The van der Waals surface area contributed by atoms with Crippen LogP contribution in [0.3, 0.4) is 0 Å².